The molecule has 0 aliphatic rings. The second kappa shape index (κ2) is 4.76. The summed E-state index contributed by atoms with van der Waals surface area (Å²) in [6, 6.07) is 6.82. The van der Waals surface area contributed by atoms with E-state index < -0.39 is 0 Å². The predicted molar refractivity (Wildman–Crippen MR) is 63.3 cm³/mol. The molecule has 1 aromatic carbocycles. The molecule has 1 heterocycles. The number of halogens is 2. The third-order valence-corrected chi connectivity index (χ3v) is 2.84. The first-order valence-corrected chi connectivity index (χ1v) is 5.64. The van der Waals surface area contributed by atoms with Crippen molar-refractivity contribution < 1.29 is 4.39 Å². The number of benzene rings is 1. The summed E-state index contributed by atoms with van der Waals surface area (Å²) in [6.07, 6.45) is 1.67. The first-order valence-electron chi connectivity index (χ1n) is 4.85. The number of nitrogens with zero attached hydrogens (tertiary/aromatic N) is 2. The van der Waals surface area contributed by atoms with Gasteiger partial charge in [-0.05, 0) is 18.2 Å². The van der Waals surface area contributed by atoms with Crippen LogP contribution in [0.15, 0.2) is 34.9 Å². The molecule has 0 unspecified atom stereocenters. The molecule has 2 aromatic rings. The fourth-order valence-corrected chi connectivity index (χ4v) is 1.82. The van der Waals surface area contributed by atoms with E-state index in [-0.39, 0.29) is 5.82 Å². The molecule has 2 rings (SSSR count). The third-order valence-electron chi connectivity index (χ3n) is 2.35. The lowest BCUT2D eigenvalue weighted by Crippen LogP contribution is -2.10. The fourth-order valence-electron chi connectivity index (χ4n) is 1.49. The SMILES string of the molecule is NCc1ccnn1Cc1ccc(Br)cc1F. The number of nitrogens with two attached hydrogens (primary N) is 1. The van der Waals surface area contributed by atoms with Gasteiger partial charge in [0.05, 0.1) is 12.2 Å². The van der Waals surface area contributed by atoms with Crippen LogP contribution in [0.25, 0.3) is 0 Å². The number of rotatable bonds is 3. The highest BCUT2D eigenvalue weighted by Gasteiger charge is 2.06. The van der Waals surface area contributed by atoms with Crippen LogP contribution in [0, 0.1) is 5.82 Å². The monoisotopic (exact) mass is 283 g/mol. The van der Waals surface area contributed by atoms with Crippen LogP contribution in [0.4, 0.5) is 4.39 Å². The molecule has 2 N–H and O–H groups in total. The molecule has 0 radical (unpaired) electrons. The van der Waals surface area contributed by atoms with Crippen molar-refractivity contribution in [3.63, 3.8) is 0 Å². The molecule has 0 amide bonds. The van der Waals surface area contributed by atoms with Gasteiger partial charge < -0.3 is 5.73 Å². The molecule has 3 nitrogen and oxygen atoms in total. The van der Waals surface area contributed by atoms with Crippen LogP contribution in [-0.4, -0.2) is 9.78 Å². The van der Waals surface area contributed by atoms with Gasteiger partial charge in [0.15, 0.2) is 0 Å². The standard InChI is InChI=1S/C11H11BrFN3/c12-9-2-1-8(11(13)5-9)7-16-10(6-14)3-4-15-16/h1-5H,6-7,14H2. The molecule has 0 saturated carbocycles. The molecule has 0 bridgehead atoms. The van der Waals surface area contributed by atoms with E-state index in [0.717, 1.165) is 10.2 Å². The molecule has 0 atom stereocenters. The van der Waals surface area contributed by atoms with Gasteiger partial charge in [-0.15, -0.1) is 0 Å². The van der Waals surface area contributed by atoms with E-state index in [1.807, 2.05) is 12.1 Å². The van der Waals surface area contributed by atoms with Crippen LogP contribution in [0.3, 0.4) is 0 Å². The van der Waals surface area contributed by atoms with E-state index >= 15 is 0 Å². The summed E-state index contributed by atoms with van der Waals surface area (Å²) in [5, 5.41) is 4.10. The molecule has 1 aromatic heterocycles. The van der Waals surface area contributed by atoms with Gasteiger partial charge in [0.2, 0.25) is 0 Å². The maximum absolute atomic E-state index is 13.6. The number of hydrogen-bond acceptors (Lipinski definition) is 2. The summed E-state index contributed by atoms with van der Waals surface area (Å²) >= 11 is 3.22. The van der Waals surface area contributed by atoms with Gasteiger partial charge in [0, 0.05) is 22.8 Å². The zero-order chi connectivity index (χ0) is 11.5. The van der Waals surface area contributed by atoms with Crippen molar-refractivity contribution in [3.05, 3.63) is 52.0 Å². The van der Waals surface area contributed by atoms with Crippen LogP contribution < -0.4 is 5.73 Å². The van der Waals surface area contributed by atoms with E-state index in [0.29, 0.717) is 18.7 Å². The van der Waals surface area contributed by atoms with Gasteiger partial charge in [-0.1, -0.05) is 22.0 Å². The van der Waals surface area contributed by atoms with Crippen molar-refractivity contribution in [1.82, 2.24) is 9.78 Å². The molecule has 0 saturated heterocycles. The van der Waals surface area contributed by atoms with E-state index in [9.17, 15) is 4.39 Å². The average molecular weight is 284 g/mol. The largest absolute Gasteiger partial charge is 0.325 e. The lowest BCUT2D eigenvalue weighted by molar-refractivity contribution is 0.575. The maximum atomic E-state index is 13.6. The molecular weight excluding hydrogens is 273 g/mol. The molecule has 84 valence electrons. The quantitative estimate of drug-likeness (QED) is 0.939. The van der Waals surface area contributed by atoms with E-state index in [4.69, 9.17) is 5.73 Å². The first kappa shape index (κ1) is 11.3. The topological polar surface area (TPSA) is 43.8 Å². The van der Waals surface area contributed by atoms with Gasteiger partial charge in [-0.3, -0.25) is 4.68 Å². The predicted octanol–water partition coefficient (Wildman–Crippen LogP) is 2.29. The zero-order valence-corrected chi connectivity index (χ0v) is 10.1. The Bertz CT molecular complexity index is 496. The molecule has 0 aliphatic carbocycles. The van der Waals surface area contributed by atoms with Gasteiger partial charge in [-0.2, -0.15) is 5.10 Å². The second-order valence-corrected chi connectivity index (χ2v) is 4.34. The Hall–Kier alpha value is -1.20. The second-order valence-electron chi connectivity index (χ2n) is 3.42. The van der Waals surface area contributed by atoms with Crippen molar-refractivity contribution in [1.29, 1.82) is 0 Å². The lowest BCUT2D eigenvalue weighted by Gasteiger charge is -2.07. The Morgan fingerprint density at radius 2 is 2.19 bits per heavy atom. The minimum atomic E-state index is -0.243. The Balaban J connectivity index is 2.27. The normalized spacial score (nSPS) is 10.7. The van der Waals surface area contributed by atoms with Crippen LogP contribution in [0.2, 0.25) is 0 Å². The van der Waals surface area contributed by atoms with Crippen LogP contribution >= 0.6 is 15.9 Å². The number of hydrogen-bond donors (Lipinski definition) is 1. The molecule has 16 heavy (non-hydrogen) atoms. The van der Waals surface area contributed by atoms with Crippen molar-refractivity contribution >= 4 is 15.9 Å². The van der Waals surface area contributed by atoms with Gasteiger partial charge in [0.1, 0.15) is 5.82 Å². The molecular formula is C11H11BrFN3. The lowest BCUT2D eigenvalue weighted by atomic mass is 10.2. The number of aromatic nitrogens is 2. The minimum absolute atomic E-state index is 0.243. The first-order chi connectivity index (χ1) is 7.70. The fraction of sp³-hybridized carbons (Fsp3) is 0.182. The summed E-state index contributed by atoms with van der Waals surface area (Å²) in [7, 11) is 0. The minimum Gasteiger partial charge on any atom is -0.325 e. The van der Waals surface area contributed by atoms with E-state index in [1.54, 1.807) is 16.9 Å². The van der Waals surface area contributed by atoms with Gasteiger partial charge in [0.25, 0.3) is 0 Å². The Morgan fingerprint density at radius 1 is 1.38 bits per heavy atom. The van der Waals surface area contributed by atoms with Crippen molar-refractivity contribution in [2.24, 2.45) is 5.73 Å². The summed E-state index contributed by atoms with van der Waals surface area (Å²) in [5.41, 5.74) is 7.04. The summed E-state index contributed by atoms with van der Waals surface area (Å²) in [4.78, 5) is 0. The molecule has 0 spiro atoms. The van der Waals surface area contributed by atoms with Gasteiger partial charge >= 0.3 is 0 Å². The van der Waals surface area contributed by atoms with E-state index in [2.05, 4.69) is 21.0 Å². The highest BCUT2D eigenvalue weighted by Crippen LogP contribution is 2.16. The van der Waals surface area contributed by atoms with Crippen molar-refractivity contribution in [3.8, 4) is 0 Å². The average Bonchev–Trinajstić information content (AvgIpc) is 2.69. The zero-order valence-electron chi connectivity index (χ0n) is 8.53. The highest BCUT2D eigenvalue weighted by molar-refractivity contribution is 9.10. The smallest absolute Gasteiger partial charge is 0.129 e. The summed E-state index contributed by atoms with van der Waals surface area (Å²) in [6.45, 7) is 0.802. The maximum Gasteiger partial charge on any atom is 0.129 e. The third kappa shape index (κ3) is 2.31. The van der Waals surface area contributed by atoms with Crippen LogP contribution in [0.5, 0.6) is 0 Å². The van der Waals surface area contributed by atoms with Gasteiger partial charge in [-0.25, -0.2) is 4.39 Å². The Kier molecular flexibility index (Phi) is 3.36. The van der Waals surface area contributed by atoms with Crippen LogP contribution in [0.1, 0.15) is 11.3 Å². The van der Waals surface area contributed by atoms with Crippen LogP contribution in [-0.2, 0) is 13.1 Å². The summed E-state index contributed by atoms with van der Waals surface area (Å²) in [5.74, 6) is -0.243. The Labute approximate surface area is 101 Å². The van der Waals surface area contributed by atoms with Crippen molar-refractivity contribution in [2.75, 3.05) is 0 Å². The van der Waals surface area contributed by atoms with E-state index in [1.165, 1.54) is 6.07 Å². The molecule has 0 aliphatic heterocycles. The highest BCUT2D eigenvalue weighted by atomic mass is 79.9. The van der Waals surface area contributed by atoms with Crippen molar-refractivity contribution in [2.45, 2.75) is 13.1 Å². The summed E-state index contributed by atoms with van der Waals surface area (Å²) < 4.78 is 16.0. The molecule has 0 fully saturated rings. The Morgan fingerprint density at radius 3 is 2.88 bits per heavy atom. The molecule has 5 heteroatoms.